The van der Waals surface area contributed by atoms with Crippen molar-refractivity contribution in [3.8, 4) is 0 Å². The first-order valence-corrected chi connectivity index (χ1v) is 10.8. The van der Waals surface area contributed by atoms with Crippen molar-refractivity contribution in [3.63, 3.8) is 0 Å². The van der Waals surface area contributed by atoms with Crippen molar-refractivity contribution >= 4 is 40.8 Å². The molecule has 4 nitrogen and oxygen atoms in total. The van der Waals surface area contributed by atoms with Gasteiger partial charge in [0.15, 0.2) is 8.68 Å². The Morgan fingerprint density at radius 3 is 2.62 bits per heavy atom. The van der Waals surface area contributed by atoms with Gasteiger partial charge in [-0.25, -0.2) is 0 Å². The van der Waals surface area contributed by atoms with Crippen molar-refractivity contribution in [2.75, 3.05) is 5.75 Å². The minimum absolute atomic E-state index is 0.0697. The van der Waals surface area contributed by atoms with E-state index in [0.29, 0.717) is 12.0 Å². The zero-order valence-electron chi connectivity index (χ0n) is 13.8. The van der Waals surface area contributed by atoms with Crippen LogP contribution in [0.3, 0.4) is 0 Å². The van der Waals surface area contributed by atoms with Gasteiger partial charge in [0.2, 0.25) is 5.91 Å². The van der Waals surface area contributed by atoms with Gasteiger partial charge in [-0.2, -0.15) is 0 Å². The fraction of sp³-hybridized carbons (Fsp3) is 0.471. The topological polar surface area (TPSA) is 54.9 Å². The third kappa shape index (κ3) is 5.22. The quantitative estimate of drug-likeness (QED) is 0.689. The van der Waals surface area contributed by atoms with Gasteiger partial charge in [0.05, 0.1) is 0 Å². The Balaban J connectivity index is 1.70. The molecule has 3 rings (SSSR count). The lowest BCUT2D eigenvalue weighted by atomic mass is 10.1. The molecule has 0 unspecified atom stereocenters. The number of benzene rings is 1. The van der Waals surface area contributed by atoms with Crippen LogP contribution in [0.25, 0.3) is 0 Å². The monoisotopic (exact) mass is 379 g/mol. The van der Waals surface area contributed by atoms with E-state index in [0.717, 1.165) is 32.8 Å². The molecule has 1 aromatic carbocycles. The lowest BCUT2D eigenvalue weighted by molar-refractivity contribution is -0.120. The molecule has 1 N–H and O–H groups in total. The lowest BCUT2D eigenvalue weighted by Crippen LogP contribution is -2.29. The Morgan fingerprint density at radius 1 is 1.25 bits per heavy atom. The summed E-state index contributed by atoms with van der Waals surface area (Å²) < 4.78 is 1.82. The molecule has 0 radical (unpaired) electrons. The smallest absolute Gasteiger partial charge is 0.238 e. The third-order valence-electron chi connectivity index (χ3n) is 3.41. The van der Waals surface area contributed by atoms with Gasteiger partial charge in [-0.05, 0) is 24.3 Å². The summed E-state index contributed by atoms with van der Waals surface area (Å²) in [6, 6.07) is 10.3. The number of amides is 1. The maximum atomic E-state index is 12.6. The summed E-state index contributed by atoms with van der Waals surface area (Å²) in [7, 11) is 0. The zero-order chi connectivity index (χ0) is 16.9. The predicted molar refractivity (Wildman–Crippen MR) is 102 cm³/mol. The summed E-state index contributed by atoms with van der Waals surface area (Å²) in [5.41, 5.74) is 1.01. The number of nitrogens with zero attached hydrogens (tertiary/aromatic N) is 2. The van der Waals surface area contributed by atoms with Crippen LogP contribution in [0.15, 0.2) is 39.0 Å². The first-order chi connectivity index (χ1) is 11.6. The second-order valence-corrected chi connectivity index (χ2v) is 9.83. The van der Waals surface area contributed by atoms with Gasteiger partial charge in [-0.3, -0.25) is 4.79 Å². The van der Waals surface area contributed by atoms with Crippen LogP contribution in [0.2, 0.25) is 0 Å². The van der Waals surface area contributed by atoms with Crippen molar-refractivity contribution in [3.05, 3.63) is 35.9 Å². The zero-order valence-corrected chi connectivity index (χ0v) is 16.2. The summed E-state index contributed by atoms with van der Waals surface area (Å²) in [6.45, 7) is 4.38. The molecular formula is C17H21N3OS3. The van der Waals surface area contributed by atoms with Crippen LogP contribution in [-0.2, 0) is 4.79 Å². The molecule has 0 spiro atoms. The van der Waals surface area contributed by atoms with Crippen molar-refractivity contribution in [2.24, 2.45) is 5.92 Å². The molecule has 0 aliphatic heterocycles. The molecule has 24 heavy (non-hydrogen) atoms. The molecule has 1 amide bonds. The largest absolute Gasteiger partial charge is 0.352 e. The summed E-state index contributed by atoms with van der Waals surface area (Å²) in [5.74, 6) is 1.72. The van der Waals surface area contributed by atoms with Crippen LogP contribution in [0.5, 0.6) is 0 Å². The molecule has 0 bridgehead atoms. The van der Waals surface area contributed by atoms with Gasteiger partial charge in [-0.15, -0.1) is 10.2 Å². The normalized spacial score (nSPS) is 15.5. The number of thioether (sulfide) groups is 2. The summed E-state index contributed by atoms with van der Waals surface area (Å²) in [4.78, 5) is 12.6. The second kappa shape index (κ2) is 8.36. The van der Waals surface area contributed by atoms with Crippen molar-refractivity contribution in [1.82, 2.24) is 15.5 Å². The molecule has 7 heteroatoms. The molecule has 1 aliphatic carbocycles. The van der Waals surface area contributed by atoms with Gasteiger partial charge in [0, 0.05) is 11.8 Å². The molecule has 0 saturated heterocycles. The van der Waals surface area contributed by atoms with E-state index in [1.54, 1.807) is 23.1 Å². The standard InChI is InChI=1S/C17H21N3OS3/c1-11(2)10-22-16-19-20-17(24-16)23-14(12-6-4-3-5-7-12)15(21)18-13-8-9-13/h3-7,11,13-14H,8-10H2,1-2H3,(H,18,21)/t14-/m1/s1. The number of carbonyl (C=O) groups excluding carboxylic acids is 1. The average Bonchev–Trinajstić information content (AvgIpc) is 3.27. The third-order valence-corrected chi connectivity index (χ3v) is 7.23. The van der Waals surface area contributed by atoms with E-state index in [4.69, 9.17) is 0 Å². The van der Waals surface area contributed by atoms with Crippen LogP contribution in [0.1, 0.15) is 37.5 Å². The van der Waals surface area contributed by atoms with E-state index < -0.39 is 0 Å². The fourth-order valence-corrected chi connectivity index (χ4v) is 5.25. The van der Waals surface area contributed by atoms with E-state index >= 15 is 0 Å². The van der Waals surface area contributed by atoms with Crippen LogP contribution < -0.4 is 5.32 Å². The van der Waals surface area contributed by atoms with Crippen LogP contribution in [0, 0.1) is 5.92 Å². The van der Waals surface area contributed by atoms with E-state index in [2.05, 4.69) is 29.4 Å². The van der Waals surface area contributed by atoms with E-state index in [-0.39, 0.29) is 11.2 Å². The van der Waals surface area contributed by atoms with E-state index in [1.165, 1.54) is 11.8 Å². The van der Waals surface area contributed by atoms with Gasteiger partial charge in [-0.1, -0.05) is 79.0 Å². The van der Waals surface area contributed by atoms with Gasteiger partial charge in [0.1, 0.15) is 5.25 Å². The van der Waals surface area contributed by atoms with Gasteiger partial charge >= 0.3 is 0 Å². The molecule has 128 valence electrons. The molecule has 1 fully saturated rings. The van der Waals surface area contributed by atoms with Crippen molar-refractivity contribution < 1.29 is 4.79 Å². The predicted octanol–water partition coefficient (Wildman–Crippen LogP) is 4.40. The van der Waals surface area contributed by atoms with Gasteiger partial charge < -0.3 is 5.32 Å². The number of rotatable bonds is 8. The molecule has 1 aliphatic rings. The number of carbonyl (C=O) groups is 1. The van der Waals surface area contributed by atoms with Crippen molar-refractivity contribution in [2.45, 2.75) is 46.7 Å². The Labute approximate surface area is 155 Å². The molecule has 1 atom stereocenters. The highest BCUT2D eigenvalue weighted by Gasteiger charge is 2.29. The first kappa shape index (κ1) is 17.8. The highest BCUT2D eigenvalue weighted by Crippen LogP contribution is 2.39. The summed E-state index contributed by atoms with van der Waals surface area (Å²) in [5, 5.41) is 11.3. The van der Waals surface area contributed by atoms with Crippen LogP contribution in [0.4, 0.5) is 0 Å². The number of aromatic nitrogens is 2. The van der Waals surface area contributed by atoms with Gasteiger partial charge in [0.25, 0.3) is 0 Å². The minimum Gasteiger partial charge on any atom is -0.352 e. The highest BCUT2D eigenvalue weighted by molar-refractivity contribution is 8.03. The summed E-state index contributed by atoms with van der Waals surface area (Å²) >= 11 is 4.80. The SMILES string of the molecule is CC(C)CSc1nnc(S[C@@H](C(=O)NC2CC2)c2ccccc2)s1. The molecule has 1 saturated carbocycles. The Morgan fingerprint density at radius 2 is 1.96 bits per heavy atom. The molecule has 2 aromatic rings. The first-order valence-electron chi connectivity index (χ1n) is 8.10. The number of hydrogen-bond donors (Lipinski definition) is 1. The Bertz CT molecular complexity index is 671. The average molecular weight is 380 g/mol. The van der Waals surface area contributed by atoms with Crippen molar-refractivity contribution in [1.29, 1.82) is 0 Å². The Hall–Kier alpha value is -1.05. The molecular weight excluding hydrogens is 358 g/mol. The maximum absolute atomic E-state index is 12.6. The van der Waals surface area contributed by atoms with Crippen LogP contribution >= 0.6 is 34.9 Å². The Kier molecular flexibility index (Phi) is 6.19. The number of hydrogen-bond acceptors (Lipinski definition) is 6. The summed E-state index contributed by atoms with van der Waals surface area (Å²) in [6.07, 6.45) is 2.18. The van der Waals surface area contributed by atoms with E-state index in [1.807, 2.05) is 30.3 Å². The lowest BCUT2D eigenvalue weighted by Gasteiger charge is -2.15. The molecule has 1 aromatic heterocycles. The second-order valence-electron chi connectivity index (χ2n) is 6.23. The van der Waals surface area contributed by atoms with E-state index in [9.17, 15) is 4.79 Å². The van der Waals surface area contributed by atoms with Crippen LogP contribution in [-0.4, -0.2) is 27.9 Å². The maximum Gasteiger partial charge on any atom is 0.238 e. The number of nitrogens with one attached hydrogen (secondary N) is 1. The molecule has 1 heterocycles. The minimum atomic E-state index is -0.275. The highest BCUT2D eigenvalue weighted by atomic mass is 32.2. The fourth-order valence-electron chi connectivity index (χ4n) is 2.05.